The number of methoxy groups -OCH3 is 1. The smallest absolute Gasteiger partial charge is 0.337 e. The predicted octanol–water partition coefficient (Wildman–Crippen LogP) is 2.40. The fourth-order valence-electron chi connectivity index (χ4n) is 8.32. The number of aliphatic hydroxyl groups excluding tert-OH is 2. The molecule has 8 rings (SSSR count). The van der Waals surface area contributed by atoms with Gasteiger partial charge in [-0.3, -0.25) is 14.2 Å². The molecule has 3 fully saturated rings. The molecule has 0 unspecified atom stereocenters. The first-order valence-corrected chi connectivity index (χ1v) is 20.8. The summed E-state index contributed by atoms with van der Waals surface area (Å²) in [7, 11) is 1.30. The highest BCUT2D eigenvalue weighted by atomic mass is 16.6. The third kappa shape index (κ3) is 8.88. The third-order valence-electron chi connectivity index (χ3n) is 11.6. The molecule has 18 nitrogen and oxygen atoms in total. The van der Waals surface area contributed by atoms with Crippen LogP contribution in [0, 0.1) is 0 Å². The second-order valence-electron chi connectivity index (χ2n) is 15.6. The van der Waals surface area contributed by atoms with E-state index in [1.165, 1.54) is 18.0 Å². The number of carbonyl (C=O) groups excluding carboxylic acids is 4. The van der Waals surface area contributed by atoms with Crippen LogP contribution in [0.15, 0.2) is 91.3 Å². The van der Waals surface area contributed by atoms with Crippen molar-refractivity contribution in [2.45, 2.75) is 62.3 Å². The summed E-state index contributed by atoms with van der Waals surface area (Å²) in [5.41, 5.74) is 3.71. The molecule has 3 aliphatic heterocycles. The van der Waals surface area contributed by atoms with Gasteiger partial charge in [0, 0.05) is 62.8 Å². The quantitative estimate of drug-likeness (QED) is 0.0938. The average molecular weight is 847 g/mol. The van der Waals surface area contributed by atoms with Gasteiger partial charge in [0.2, 0.25) is 5.95 Å². The molecule has 5 heterocycles. The number of fused-ring (bicyclic) bond motifs is 1. The van der Waals surface area contributed by atoms with E-state index in [1.54, 1.807) is 36.1 Å². The predicted molar refractivity (Wildman–Crippen MR) is 228 cm³/mol. The number of likely N-dealkylation sites (tertiary alicyclic amines) is 1. The fourth-order valence-corrected chi connectivity index (χ4v) is 8.32. The van der Waals surface area contributed by atoms with E-state index >= 15 is 0 Å². The molecular weight excluding hydrogens is 797 g/mol. The first-order valence-electron chi connectivity index (χ1n) is 20.8. The highest BCUT2D eigenvalue weighted by Gasteiger charge is 2.48. The van der Waals surface area contributed by atoms with Crippen molar-refractivity contribution in [1.82, 2.24) is 40.4 Å². The van der Waals surface area contributed by atoms with E-state index in [-0.39, 0.29) is 29.9 Å². The molecule has 0 radical (unpaired) electrons. The van der Waals surface area contributed by atoms with E-state index in [1.807, 2.05) is 41.3 Å². The Morgan fingerprint density at radius 2 is 1.48 bits per heavy atom. The van der Waals surface area contributed by atoms with E-state index in [4.69, 9.17) is 19.4 Å². The first-order chi connectivity index (χ1) is 30.1. The molecule has 2 aromatic heterocycles. The fraction of sp³-hybridized carbons (Fsp3) is 0.386. The number of benzene rings is 3. The van der Waals surface area contributed by atoms with Crippen molar-refractivity contribution in [3.8, 4) is 0 Å². The van der Waals surface area contributed by atoms with Gasteiger partial charge in [-0.2, -0.15) is 9.97 Å². The minimum atomic E-state index is -1.49. The molecule has 62 heavy (non-hydrogen) atoms. The van der Waals surface area contributed by atoms with Crippen LogP contribution in [-0.2, 0) is 14.3 Å². The number of aromatic nitrogens is 4. The molecule has 4 amide bonds. The Hall–Kier alpha value is -6.63. The molecule has 0 spiro atoms. The van der Waals surface area contributed by atoms with Crippen molar-refractivity contribution < 1.29 is 38.9 Å². The second-order valence-corrected chi connectivity index (χ2v) is 15.6. The minimum Gasteiger partial charge on any atom is -0.465 e. The maximum absolute atomic E-state index is 13.3. The van der Waals surface area contributed by atoms with Gasteiger partial charge in [-0.1, -0.05) is 60.7 Å². The van der Waals surface area contributed by atoms with Crippen LogP contribution in [-0.4, -0.2) is 135 Å². The molecule has 6 atom stereocenters. The molecule has 0 aliphatic carbocycles. The van der Waals surface area contributed by atoms with Gasteiger partial charge < -0.3 is 50.8 Å². The average Bonchev–Trinajstić information content (AvgIpc) is 4.11. The van der Waals surface area contributed by atoms with Crippen LogP contribution < -0.4 is 26.2 Å². The van der Waals surface area contributed by atoms with E-state index in [0.717, 1.165) is 11.1 Å². The van der Waals surface area contributed by atoms with Gasteiger partial charge in [-0.25, -0.2) is 14.6 Å². The highest BCUT2D eigenvalue weighted by Crippen LogP contribution is 2.35. The number of ether oxygens (including phenoxy) is 2. The van der Waals surface area contributed by atoms with Crippen LogP contribution in [0.3, 0.4) is 0 Å². The van der Waals surface area contributed by atoms with Crippen molar-refractivity contribution in [2.75, 3.05) is 56.6 Å². The lowest BCUT2D eigenvalue weighted by Gasteiger charge is -2.22. The van der Waals surface area contributed by atoms with Gasteiger partial charge in [-0.15, -0.1) is 0 Å². The number of nitrogens with one attached hydrogen (secondary N) is 4. The van der Waals surface area contributed by atoms with Gasteiger partial charge >= 0.3 is 12.0 Å². The maximum Gasteiger partial charge on any atom is 0.337 e. The second kappa shape index (κ2) is 18.6. The lowest BCUT2D eigenvalue weighted by Crippen LogP contribution is -2.48. The number of rotatable bonds is 13. The zero-order valence-corrected chi connectivity index (χ0v) is 34.4. The summed E-state index contributed by atoms with van der Waals surface area (Å²) in [5, 5.41) is 34.3. The summed E-state index contributed by atoms with van der Waals surface area (Å²) in [6, 6.07) is 25.7. The van der Waals surface area contributed by atoms with Crippen molar-refractivity contribution in [3.05, 3.63) is 114 Å². The number of aliphatic hydroxyl groups is 2. The van der Waals surface area contributed by atoms with Crippen molar-refractivity contribution >= 4 is 46.7 Å². The van der Waals surface area contributed by atoms with Gasteiger partial charge in [0.25, 0.3) is 11.8 Å². The van der Waals surface area contributed by atoms with Crippen LogP contribution in [0.1, 0.15) is 63.8 Å². The number of hydrogen-bond donors (Lipinski definition) is 6. The largest absolute Gasteiger partial charge is 0.465 e. The number of carbonyl (C=O) groups is 4. The molecule has 3 aromatic carbocycles. The standard InChI is InChI=1S/C44H50N10O8/c1-3-45-39(57)36-34(55)35(56)41(62-36)54-25-47-33-37(46-22-32(26-10-6-4-7-11-26)27-12-8-5-9-13-27)50-43(51-38(33)54)53-21-19-31(24-53)49-44(60)48-30-18-20-52(23-30)40(58)28-14-16-29(17-15-28)42(59)61-2/h4-17,25,30-32,34-36,41,55-56H,3,18-24H2,1-2H3,(H,45,57)(H,46,50,51)(H2,48,49,60)/t30-,31-,34+,35-,36+,41-/m1/s1. The van der Waals surface area contributed by atoms with Crippen LogP contribution in [0.4, 0.5) is 16.6 Å². The SMILES string of the molecule is CCNC(=O)[C@H]1O[C@@H](n2cnc3c(NCC(c4ccccc4)c4ccccc4)nc(N4CC[C@@H](NC(=O)N[C@@H]5CCN(C(=O)c6ccc(C(=O)OC)cc6)C5)C4)nc32)[C@H](O)[C@@H]1O. The molecule has 5 aromatic rings. The van der Waals surface area contributed by atoms with Gasteiger partial charge in [0.15, 0.2) is 29.3 Å². The van der Waals surface area contributed by atoms with E-state index in [9.17, 15) is 29.4 Å². The molecule has 18 heteroatoms. The summed E-state index contributed by atoms with van der Waals surface area (Å²) >= 11 is 0. The Balaban J connectivity index is 0.982. The number of nitrogens with zero attached hydrogens (tertiary/aromatic N) is 6. The van der Waals surface area contributed by atoms with Gasteiger partial charge in [0.1, 0.15) is 12.2 Å². The number of amides is 4. The molecular formula is C44H50N10O8. The summed E-state index contributed by atoms with van der Waals surface area (Å²) < 4.78 is 12.2. The topological polar surface area (TPSA) is 225 Å². The first kappa shape index (κ1) is 42.1. The summed E-state index contributed by atoms with van der Waals surface area (Å²) in [6.07, 6.45) is -2.79. The maximum atomic E-state index is 13.3. The Morgan fingerprint density at radius 3 is 2.15 bits per heavy atom. The molecule has 0 saturated carbocycles. The van der Waals surface area contributed by atoms with Crippen molar-refractivity contribution in [3.63, 3.8) is 0 Å². The Bertz CT molecular complexity index is 2340. The van der Waals surface area contributed by atoms with Gasteiger partial charge in [0.05, 0.1) is 19.0 Å². The van der Waals surface area contributed by atoms with Crippen molar-refractivity contribution in [1.29, 1.82) is 0 Å². The zero-order chi connectivity index (χ0) is 43.3. The number of hydrogen-bond acceptors (Lipinski definition) is 13. The minimum absolute atomic E-state index is 0.0514. The number of anilines is 2. The van der Waals surface area contributed by atoms with E-state index in [2.05, 4.69) is 50.5 Å². The molecule has 6 N–H and O–H groups in total. The Kier molecular flexibility index (Phi) is 12.6. The lowest BCUT2D eigenvalue weighted by atomic mass is 9.91. The van der Waals surface area contributed by atoms with Crippen LogP contribution in [0.2, 0.25) is 0 Å². The Morgan fingerprint density at radius 1 is 0.839 bits per heavy atom. The zero-order valence-electron chi connectivity index (χ0n) is 34.4. The molecule has 3 aliphatic rings. The summed E-state index contributed by atoms with van der Waals surface area (Å²) in [6.45, 7) is 4.24. The van der Waals surface area contributed by atoms with E-state index in [0.29, 0.717) is 86.2 Å². The van der Waals surface area contributed by atoms with Crippen molar-refractivity contribution in [2.24, 2.45) is 0 Å². The summed E-state index contributed by atoms with van der Waals surface area (Å²) in [4.78, 5) is 69.2. The van der Waals surface area contributed by atoms with Crippen LogP contribution in [0.25, 0.3) is 11.2 Å². The number of urea groups is 1. The number of imidazole rings is 1. The third-order valence-corrected chi connectivity index (χ3v) is 11.6. The van der Waals surface area contributed by atoms with E-state index < -0.39 is 36.4 Å². The highest BCUT2D eigenvalue weighted by molar-refractivity contribution is 5.96. The number of esters is 1. The normalized spacial score (nSPS) is 22.2. The van der Waals surface area contributed by atoms with Crippen LogP contribution >= 0.6 is 0 Å². The molecule has 3 saturated heterocycles. The van der Waals surface area contributed by atoms with Gasteiger partial charge in [-0.05, 0) is 55.2 Å². The van der Waals surface area contributed by atoms with Crippen LogP contribution in [0.5, 0.6) is 0 Å². The Labute approximate surface area is 357 Å². The summed E-state index contributed by atoms with van der Waals surface area (Å²) in [5.74, 6) is -0.482. The lowest BCUT2D eigenvalue weighted by molar-refractivity contribution is -0.137. The monoisotopic (exact) mass is 846 g/mol. The number of likely N-dealkylation sites (N-methyl/N-ethyl adjacent to an activating group) is 1. The molecule has 0 bridgehead atoms. The molecule has 324 valence electrons.